The van der Waals surface area contributed by atoms with Gasteiger partial charge in [0.15, 0.2) is 0 Å². The Bertz CT molecular complexity index is 1310. The van der Waals surface area contributed by atoms with E-state index < -0.39 is 11.6 Å². The van der Waals surface area contributed by atoms with Gasteiger partial charge in [-0.2, -0.15) is 0 Å². The summed E-state index contributed by atoms with van der Waals surface area (Å²) in [5, 5.41) is 0.631. The quantitative estimate of drug-likeness (QED) is 0.314. The summed E-state index contributed by atoms with van der Waals surface area (Å²) in [7, 11) is 0. The van der Waals surface area contributed by atoms with Gasteiger partial charge in [-0.25, -0.2) is 8.78 Å². The topological polar surface area (TPSA) is 40.6 Å². The molecule has 0 spiro atoms. The van der Waals surface area contributed by atoms with E-state index in [9.17, 15) is 14.0 Å². The number of benzene rings is 2. The van der Waals surface area contributed by atoms with Gasteiger partial charge in [-0.1, -0.05) is 44.5 Å². The van der Waals surface area contributed by atoms with Gasteiger partial charge in [-0.05, 0) is 116 Å². The lowest BCUT2D eigenvalue weighted by atomic mass is 9.68. The first-order chi connectivity index (χ1) is 20.4. The zero-order chi connectivity index (χ0) is 30.9. The number of hydrogen-bond donors (Lipinski definition) is 0. The van der Waals surface area contributed by atoms with Crippen LogP contribution in [0.2, 0.25) is 5.02 Å². The Kier molecular flexibility index (Phi) is 9.85. The third-order valence-corrected chi connectivity index (χ3v) is 10.5. The Morgan fingerprint density at radius 3 is 2.26 bits per heavy atom. The second-order valence-electron chi connectivity index (χ2n) is 14.4. The van der Waals surface area contributed by atoms with E-state index in [0.29, 0.717) is 29.6 Å². The number of piperidine rings is 1. The zero-order valence-electron chi connectivity index (χ0n) is 26.2. The highest BCUT2D eigenvalue weighted by atomic mass is 35.5. The fraction of sp³-hybridized carbons (Fsp3) is 0.611. The van der Waals surface area contributed by atoms with E-state index in [0.717, 1.165) is 81.6 Å². The standard InChI is InChI=1S/C36H47ClF2N2O2/c1-23(34(42)40-16-5-17-40)31-21-26(37)7-10-28(31)25-13-18-41(19-14-25)35(43)30-9-6-24(12-15-36(2,3)4)20-32(30)29-11-8-27(38)22-33(29)39/h7-8,10-11,21-25,30,32H,5-6,9,12-20H2,1-4H3/t23-,24?,30+,32-/m0/s1. The number of halogens is 3. The molecule has 3 aliphatic rings. The maximum absolute atomic E-state index is 15.1. The van der Waals surface area contributed by atoms with Crippen LogP contribution < -0.4 is 0 Å². The van der Waals surface area contributed by atoms with Gasteiger partial charge in [0, 0.05) is 43.2 Å². The van der Waals surface area contributed by atoms with Gasteiger partial charge in [-0.3, -0.25) is 9.59 Å². The second-order valence-corrected chi connectivity index (χ2v) is 14.9. The molecule has 2 amide bonds. The number of amides is 2. The van der Waals surface area contributed by atoms with Gasteiger partial charge in [0.1, 0.15) is 11.6 Å². The summed E-state index contributed by atoms with van der Waals surface area (Å²) in [6.07, 6.45) is 7.24. The van der Waals surface area contributed by atoms with E-state index in [1.807, 2.05) is 28.9 Å². The molecule has 2 aromatic rings. The molecule has 7 heteroatoms. The third-order valence-electron chi connectivity index (χ3n) is 10.2. The van der Waals surface area contributed by atoms with E-state index in [-0.39, 0.29) is 40.9 Å². The first kappa shape index (κ1) is 31.9. The van der Waals surface area contributed by atoms with Gasteiger partial charge >= 0.3 is 0 Å². The average Bonchev–Trinajstić information content (AvgIpc) is 2.94. The van der Waals surface area contributed by atoms with Gasteiger partial charge < -0.3 is 9.80 Å². The highest BCUT2D eigenvalue weighted by Crippen LogP contribution is 2.45. The molecule has 2 saturated heterocycles. The van der Waals surface area contributed by atoms with Gasteiger partial charge in [0.25, 0.3) is 0 Å². The number of likely N-dealkylation sites (tertiary alicyclic amines) is 2. The smallest absolute Gasteiger partial charge is 0.229 e. The van der Waals surface area contributed by atoms with Gasteiger partial charge in [-0.15, -0.1) is 0 Å². The first-order valence-electron chi connectivity index (χ1n) is 16.2. The van der Waals surface area contributed by atoms with Crippen molar-refractivity contribution in [1.29, 1.82) is 0 Å². The molecule has 2 aliphatic heterocycles. The average molecular weight is 613 g/mol. The summed E-state index contributed by atoms with van der Waals surface area (Å²) >= 11 is 6.39. The molecule has 5 rings (SSSR count). The minimum absolute atomic E-state index is 0.0964. The van der Waals surface area contributed by atoms with Crippen LogP contribution >= 0.6 is 11.6 Å². The molecule has 0 radical (unpaired) electrons. The van der Waals surface area contributed by atoms with Gasteiger partial charge in [0.2, 0.25) is 11.8 Å². The summed E-state index contributed by atoms with van der Waals surface area (Å²) < 4.78 is 28.9. The molecule has 0 bridgehead atoms. The minimum Gasteiger partial charge on any atom is -0.342 e. The lowest BCUT2D eigenvalue weighted by molar-refractivity contribution is -0.139. The molecule has 4 atom stereocenters. The van der Waals surface area contributed by atoms with Gasteiger partial charge in [0.05, 0.1) is 5.92 Å². The van der Waals surface area contributed by atoms with Crippen molar-refractivity contribution in [2.75, 3.05) is 26.2 Å². The Morgan fingerprint density at radius 1 is 0.930 bits per heavy atom. The molecule has 1 aliphatic carbocycles. The van der Waals surface area contributed by atoms with Crippen LogP contribution in [0.15, 0.2) is 36.4 Å². The van der Waals surface area contributed by atoms with E-state index in [4.69, 9.17) is 11.6 Å². The second kappa shape index (κ2) is 13.3. The molecular weight excluding hydrogens is 566 g/mol. The van der Waals surface area contributed by atoms with Crippen LogP contribution in [0.25, 0.3) is 0 Å². The molecule has 0 N–H and O–H groups in total. The predicted molar refractivity (Wildman–Crippen MR) is 168 cm³/mol. The minimum atomic E-state index is -0.589. The van der Waals surface area contributed by atoms with Crippen molar-refractivity contribution >= 4 is 23.4 Å². The van der Waals surface area contributed by atoms with Crippen molar-refractivity contribution < 1.29 is 18.4 Å². The molecular formula is C36H47ClF2N2O2. The highest BCUT2D eigenvalue weighted by Gasteiger charge is 2.40. The zero-order valence-corrected chi connectivity index (χ0v) is 26.9. The molecule has 2 heterocycles. The summed E-state index contributed by atoms with van der Waals surface area (Å²) in [6.45, 7) is 11.6. The lowest BCUT2D eigenvalue weighted by Crippen LogP contribution is -2.45. The Labute approximate surface area is 261 Å². The molecule has 3 fully saturated rings. The summed E-state index contributed by atoms with van der Waals surface area (Å²) in [5.74, 6) is -1.03. The monoisotopic (exact) mass is 612 g/mol. The maximum Gasteiger partial charge on any atom is 0.229 e. The number of rotatable bonds is 7. The molecule has 43 heavy (non-hydrogen) atoms. The molecule has 2 aromatic carbocycles. The number of hydrogen-bond acceptors (Lipinski definition) is 2. The molecule has 1 saturated carbocycles. The molecule has 1 unspecified atom stereocenters. The van der Waals surface area contributed by atoms with Crippen LogP contribution in [0.4, 0.5) is 8.78 Å². The highest BCUT2D eigenvalue weighted by molar-refractivity contribution is 6.30. The van der Waals surface area contributed by atoms with Crippen molar-refractivity contribution in [1.82, 2.24) is 9.80 Å². The molecule has 0 aromatic heterocycles. The van der Waals surface area contributed by atoms with Crippen LogP contribution in [-0.4, -0.2) is 47.8 Å². The van der Waals surface area contributed by atoms with Crippen LogP contribution in [0.5, 0.6) is 0 Å². The summed E-state index contributed by atoms with van der Waals surface area (Å²) in [6, 6.07) is 9.74. The lowest BCUT2D eigenvalue weighted by Gasteiger charge is -2.41. The van der Waals surface area contributed by atoms with E-state index in [2.05, 4.69) is 26.8 Å². The fourth-order valence-corrected chi connectivity index (χ4v) is 7.66. The maximum atomic E-state index is 15.1. The normalized spacial score (nSPS) is 24.0. The van der Waals surface area contributed by atoms with E-state index in [1.165, 1.54) is 6.07 Å². The van der Waals surface area contributed by atoms with Crippen molar-refractivity contribution in [3.05, 3.63) is 69.7 Å². The van der Waals surface area contributed by atoms with Crippen molar-refractivity contribution in [3.63, 3.8) is 0 Å². The largest absolute Gasteiger partial charge is 0.342 e. The Balaban J connectivity index is 1.29. The van der Waals surface area contributed by atoms with E-state index in [1.54, 1.807) is 6.07 Å². The predicted octanol–water partition coefficient (Wildman–Crippen LogP) is 8.69. The fourth-order valence-electron chi connectivity index (χ4n) is 7.48. The van der Waals surface area contributed by atoms with Crippen LogP contribution in [0, 0.1) is 28.9 Å². The number of nitrogens with zero attached hydrogens (tertiary/aromatic N) is 2. The first-order valence-corrected chi connectivity index (χ1v) is 16.6. The van der Waals surface area contributed by atoms with Crippen molar-refractivity contribution in [2.24, 2.45) is 17.3 Å². The molecule has 234 valence electrons. The SMILES string of the molecule is C[C@H](C(=O)N1CCC1)c1cc(Cl)ccc1C1CCN(C(=O)[C@@H]2CCC(CCC(C)(C)C)C[C@H]2c2ccc(F)cc2F)CC1. The van der Waals surface area contributed by atoms with E-state index >= 15 is 4.39 Å². The third kappa shape index (κ3) is 7.44. The van der Waals surface area contributed by atoms with Crippen LogP contribution in [0.3, 0.4) is 0 Å². The Morgan fingerprint density at radius 2 is 1.63 bits per heavy atom. The van der Waals surface area contributed by atoms with Crippen molar-refractivity contribution in [3.8, 4) is 0 Å². The van der Waals surface area contributed by atoms with Crippen LogP contribution in [-0.2, 0) is 9.59 Å². The van der Waals surface area contributed by atoms with Crippen molar-refractivity contribution in [2.45, 2.75) is 96.8 Å². The number of carbonyl (C=O) groups is 2. The van der Waals surface area contributed by atoms with Crippen LogP contribution in [0.1, 0.15) is 114 Å². The number of carbonyl (C=O) groups excluding carboxylic acids is 2. The Hall–Kier alpha value is -2.47. The summed E-state index contributed by atoms with van der Waals surface area (Å²) in [5.41, 5.74) is 2.84. The molecule has 4 nitrogen and oxygen atoms in total. The summed E-state index contributed by atoms with van der Waals surface area (Å²) in [4.78, 5) is 31.0.